The van der Waals surface area contributed by atoms with Crippen molar-refractivity contribution >= 4 is 11.6 Å². The molecule has 0 spiro atoms. The summed E-state index contributed by atoms with van der Waals surface area (Å²) in [5.41, 5.74) is 1.69. The Labute approximate surface area is 107 Å². The third-order valence-electron chi connectivity index (χ3n) is 3.03. The molecular formula is C15H17NO2. The highest BCUT2D eigenvalue weighted by molar-refractivity contribution is 5.96. The molecular weight excluding hydrogens is 226 g/mol. The minimum atomic E-state index is 0.00894. The number of furan rings is 1. The van der Waals surface area contributed by atoms with Crippen LogP contribution in [-0.2, 0) is 4.79 Å². The summed E-state index contributed by atoms with van der Waals surface area (Å²) in [7, 11) is 0. The Balaban J connectivity index is 2.26. The minimum absolute atomic E-state index is 0.00894. The highest BCUT2D eigenvalue weighted by atomic mass is 16.3. The van der Waals surface area contributed by atoms with Gasteiger partial charge < -0.3 is 9.73 Å². The van der Waals surface area contributed by atoms with E-state index in [1.807, 2.05) is 50.2 Å². The molecule has 1 unspecified atom stereocenters. The molecule has 0 saturated heterocycles. The van der Waals surface area contributed by atoms with Crippen LogP contribution in [0.4, 0.5) is 5.69 Å². The monoisotopic (exact) mass is 243 g/mol. The molecule has 0 bridgehead atoms. The van der Waals surface area contributed by atoms with E-state index in [9.17, 15) is 4.79 Å². The van der Waals surface area contributed by atoms with Gasteiger partial charge in [0.1, 0.15) is 5.76 Å². The van der Waals surface area contributed by atoms with Gasteiger partial charge in [0.05, 0.1) is 12.0 Å². The molecule has 0 aliphatic carbocycles. The molecule has 1 aromatic heterocycles. The number of nitrogens with one attached hydrogen (secondary N) is 1. The molecule has 0 saturated carbocycles. The predicted octanol–water partition coefficient (Wildman–Crippen LogP) is 3.93. The Bertz CT molecular complexity index is 517. The van der Waals surface area contributed by atoms with E-state index >= 15 is 0 Å². The molecule has 0 aliphatic heterocycles. The first-order chi connectivity index (χ1) is 8.72. The van der Waals surface area contributed by atoms with Gasteiger partial charge in [0.2, 0.25) is 5.91 Å². The summed E-state index contributed by atoms with van der Waals surface area (Å²) < 4.78 is 5.38. The Morgan fingerprint density at radius 2 is 2.06 bits per heavy atom. The highest BCUT2D eigenvalue weighted by Crippen LogP contribution is 2.28. The van der Waals surface area contributed by atoms with Crippen molar-refractivity contribution in [2.45, 2.75) is 20.3 Å². The Morgan fingerprint density at radius 1 is 1.28 bits per heavy atom. The van der Waals surface area contributed by atoms with E-state index in [-0.39, 0.29) is 11.8 Å². The lowest BCUT2D eigenvalue weighted by Crippen LogP contribution is -2.19. The van der Waals surface area contributed by atoms with Crippen molar-refractivity contribution in [3.63, 3.8) is 0 Å². The first-order valence-corrected chi connectivity index (χ1v) is 6.16. The third kappa shape index (κ3) is 2.62. The fourth-order valence-corrected chi connectivity index (χ4v) is 1.68. The molecule has 1 N–H and O–H groups in total. The molecule has 0 aliphatic rings. The summed E-state index contributed by atoms with van der Waals surface area (Å²) in [6, 6.07) is 11.4. The Kier molecular flexibility index (Phi) is 3.82. The number of hydrogen-bond donors (Lipinski definition) is 1. The summed E-state index contributed by atoms with van der Waals surface area (Å²) in [6.07, 6.45) is 2.46. The van der Waals surface area contributed by atoms with Crippen LogP contribution in [-0.4, -0.2) is 5.91 Å². The fourth-order valence-electron chi connectivity index (χ4n) is 1.68. The summed E-state index contributed by atoms with van der Waals surface area (Å²) in [4.78, 5) is 11.9. The van der Waals surface area contributed by atoms with Crippen LogP contribution in [0.3, 0.4) is 0 Å². The van der Waals surface area contributed by atoms with Gasteiger partial charge in [0, 0.05) is 11.5 Å². The van der Waals surface area contributed by atoms with E-state index < -0.39 is 0 Å². The van der Waals surface area contributed by atoms with Gasteiger partial charge in [-0.15, -0.1) is 0 Å². The SMILES string of the molecule is CCC(C)C(=O)Nc1ccccc1-c1ccco1. The van der Waals surface area contributed by atoms with Crippen LogP contribution in [0.25, 0.3) is 11.3 Å². The van der Waals surface area contributed by atoms with Gasteiger partial charge in [-0.25, -0.2) is 0 Å². The third-order valence-corrected chi connectivity index (χ3v) is 3.03. The summed E-state index contributed by atoms with van der Waals surface area (Å²) in [6.45, 7) is 3.92. The molecule has 1 aromatic carbocycles. The molecule has 18 heavy (non-hydrogen) atoms. The molecule has 94 valence electrons. The van der Waals surface area contributed by atoms with Crippen LogP contribution in [0.5, 0.6) is 0 Å². The van der Waals surface area contributed by atoms with E-state index in [1.165, 1.54) is 0 Å². The average Bonchev–Trinajstić information content (AvgIpc) is 2.92. The number of carbonyl (C=O) groups excluding carboxylic acids is 1. The van der Waals surface area contributed by atoms with Crippen LogP contribution in [0.15, 0.2) is 47.1 Å². The second kappa shape index (κ2) is 5.54. The summed E-state index contributed by atoms with van der Waals surface area (Å²) >= 11 is 0. The van der Waals surface area contributed by atoms with E-state index in [1.54, 1.807) is 6.26 Å². The van der Waals surface area contributed by atoms with Crippen LogP contribution < -0.4 is 5.32 Å². The molecule has 0 radical (unpaired) electrons. The maximum atomic E-state index is 11.9. The summed E-state index contributed by atoms with van der Waals surface area (Å²) in [5, 5.41) is 2.95. The lowest BCUT2D eigenvalue weighted by atomic mass is 10.1. The zero-order chi connectivity index (χ0) is 13.0. The van der Waals surface area contributed by atoms with E-state index in [0.717, 1.165) is 23.4 Å². The largest absolute Gasteiger partial charge is 0.464 e. The van der Waals surface area contributed by atoms with Crippen molar-refractivity contribution in [3.05, 3.63) is 42.7 Å². The van der Waals surface area contributed by atoms with Crippen molar-refractivity contribution in [2.75, 3.05) is 5.32 Å². The van der Waals surface area contributed by atoms with E-state index in [4.69, 9.17) is 4.42 Å². The smallest absolute Gasteiger partial charge is 0.227 e. The number of anilines is 1. The van der Waals surface area contributed by atoms with Crippen LogP contribution >= 0.6 is 0 Å². The molecule has 3 nitrogen and oxygen atoms in total. The quantitative estimate of drug-likeness (QED) is 0.884. The molecule has 2 rings (SSSR count). The van der Waals surface area contributed by atoms with Gasteiger partial charge in [-0.05, 0) is 30.7 Å². The second-order valence-corrected chi connectivity index (χ2v) is 4.32. The number of hydrogen-bond acceptors (Lipinski definition) is 2. The normalized spacial score (nSPS) is 12.1. The molecule has 2 aromatic rings. The second-order valence-electron chi connectivity index (χ2n) is 4.32. The standard InChI is InChI=1S/C15H17NO2/c1-3-11(2)15(17)16-13-8-5-4-7-12(13)14-9-6-10-18-14/h4-11H,3H2,1-2H3,(H,16,17). The number of para-hydroxylation sites is 1. The Morgan fingerprint density at radius 3 is 2.72 bits per heavy atom. The first kappa shape index (κ1) is 12.4. The molecule has 0 fully saturated rings. The zero-order valence-corrected chi connectivity index (χ0v) is 10.6. The highest BCUT2D eigenvalue weighted by Gasteiger charge is 2.13. The maximum absolute atomic E-state index is 11.9. The molecule has 3 heteroatoms. The van der Waals surface area contributed by atoms with Gasteiger partial charge in [0.15, 0.2) is 0 Å². The van der Waals surface area contributed by atoms with Gasteiger partial charge in [-0.3, -0.25) is 4.79 Å². The van der Waals surface area contributed by atoms with Gasteiger partial charge in [-0.1, -0.05) is 26.0 Å². The molecule has 1 heterocycles. The molecule has 1 amide bonds. The van der Waals surface area contributed by atoms with Gasteiger partial charge in [0.25, 0.3) is 0 Å². The summed E-state index contributed by atoms with van der Waals surface area (Å²) in [5.74, 6) is 0.807. The van der Waals surface area contributed by atoms with Crippen molar-refractivity contribution in [2.24, 2.45) is 5.92 Å². The van der Waals surface area contributed by atoms with E-state index in [2.05, 4.69) is 5.32 Å². The predicted molar refractivity (Wildman–Crippen MR) is 72.2 cm³/mol. The maximum Gasteiger partial charge on any atom is 0.227 e. The average molecular weight is 243 g/mol. The zero-order valence-electron chi connectivity index (χ0n) is 10.6. The number of rotatable bonds is 4. The van der Waals surface area contributed by atoms with Crippen molar-refractivity contribution in [3.8, 4) is 11.3 Å². The fraction of sp³-hybridized carbons (Fsp3) is 0.267. The molecule has 1 atom stereocenters. The van der Waals surface area contributed by atoms with Gasteiger partial charge >= 0.3 is 0 Å². The lowest BCUT2D eigenvalue weighted by molar-refractivity contribution is -0.119. The number of benzene rings is 1. The van der Waals surface area contributed by atoms with Crippen molar-refractivity contribution < 1.29 is 9.21 Å². The van der Waals surface area contributed by atoms with Crippen LogP contribution in [0.2, 0.25) is 0 Å². The topological polar surface area (TPSA) is 42.2 Å². The first-order valence-electron chi connectivity index (χ1n) is 6.16. The van der Waals surface area contributed by atoms with E-state index in [0.29, 0.717) is 0 Å². The minimum Gasteiger partial charge on any atom is -0.464 e. The Hall–Kier alpha value is -2.03. The van der Waals surface area contributed by atoms with Crippen LogP contribution in [0.1, 0.15) is 20.3 Å². The van der Waals surface area contributed by atoms with Crippen LogP contribution in [0, 0.1) is 5.92 Å². The lowest BCUT2D eigenvalue weighted by Gasteiger charge is -2.12. The van der Waals surface area contributed by atoms with Gasteiger partial charge in [-0.2, -0.15) is 0 Å². The number of amides is 1. The number of carbonyl (C=O) groups is 1. The van der Waals surface area contributed by atoms with Crippen molar-refractivity contribution in [1.82, 2.24) is 0 Å². The van der Waals surface area contributed by atoms with Crippen molar-refractivity contribution in [1.29, 1.82) is 0 Å².